The number of sulfonamides is 1. The highest BCUT2D eigenvalue weighted by molar-refractivity contribution is 8.03. The van der Waals surface area contributed by atoms with Crippen LogP contribution in [0.1, 0.15) is 6.92 Å². The molecule has 0 radical (unpaired) electrons. The van der Waals surface area contributed by atoms with E-state index in [-0.39, 0.29) is 10.5 Å². The van der Waals surface area contributed by atoms with Crippen molar-refractivity contribution in [1.82, 2.24) is 9.44 Å². The summed E-state index contributed by atoms with van der Waals surface area (Å²) >= 11 is 8.33. The molecule has 0 rings (SSSR count). The maximum absolute atomic E-state index is 12.2. The van der Waals surface area contributed by atoms with Crippen LogP contribution < -0.4 is 9.44 Å². The van der Waals surface area contributed by atoms with Crippen LogP contribution >= 0.6 is 25.0 Å². The second-order valence-corrected chi connectivity index (χ2v) is 6.35. The molecule has 8 heteroatoms. The van der Waals surface area contributed by atoms with Crippen molar-refractivity contribution in [3.8, 4) is 0 Å². The SMILES string of the molecule is C=C/C=C\C(=C/C=C)NC(=O)/C(C=S)=C/C(=C\C)S(=O)(=O)NS. The van der Waals surface area contributed by atoms with Crippen LogP contribution in [0.5, 0.6) is 0 Å². The molecule has 5 nitrogen and oxygen atoms in total. The van der Waals surface area contributed by atoms with Crippen LogP contribution in [0.2, 0.25) is 0 Å². The summed E-state index contributed by atoms with van der Waals surface area (Å²) in [6, 6.07) is 0. The van der Waals surface area contributed by atoms with Crippen molar-refractivity contribution in [2.24, 2.45) is 0 Å². The van der Waals surface area contributed by atoms with Crippen LogP contribution in [0, 0.1) is 0 Å². The molecule has 0 aliphatic heterocycles. The van der Waals surface area contributed by atoms with Gasteiger partial charge in [0.1, 0.15) is 0 Å². The van der Waals surface area contributed by atoms with E-state index in [0.717, 1.165) is 11.4 Å². The Morgan fingerprint density at radius 1 is 1.26 bits per heavy atom. The number of nitrogens with one attached hydrogen (secondary N) is 2. The number of carbonyl (C=O) groups excluding carboxylic acids is 1. The molecule has 0 bridgehead atoms. The highest BCUT2D eigenvalue weighted by atomic mass is 32.3. The second kappa shape index (κ2) is 10.9. The van der Waals surface area contributed by atoms with Crippen molar-refractivity contribution in [2.75, 3.05) is 0 Å². The van der Waals surface area contributed by atoms with E-state index < -0.39 is 15.9 Å². The van der Waals surface area contributed by atoms with Crippen molar-refractivity contribution >= 4 is 46.3 Å². The van der Waals surface area contributed by atoms with Crippen LogP contribution in [0.3, 0.4) is 0 Å². The average Bonchev–Trinajstić information content (AvgIpc) is 2.53. The Morgan fingerprint density at radius 2 is 1.91 bits per heavy atom. The molecule has 2 N–H and O–H groups in total. The van der Waals surface area contributed by atoms with E-state index in [4.69, 9.17) is 12.2 Å². The zero-order valence-electron chi connectivity index (χ0n) is 12.5. The lowest BCUT2D eigenvalue weighted by Crippen LogP contribution is -2.25. The van der Waals surface area contributed by atoms with E-state index in [1.807, 2.05) is 4.13 Å². The highest BCUT2D eigenvalue weighted by Gasteiger charge is 2.16. The lowest BCUT2D eigenvalue weighted by atomic mass is 10.2. The minimum atomic E-state index is -3.81. The van der Waals surface area contributed by atoms with Gasteiger partial charge in [0.05, 0.1) is 10.5 Å². The smallest absolute Gasteiger partial charge is 0.256 e. The molecule has 0 aromatic heterocycles. The molecular weight excluding hydrogens is 352 g/mol. The number of amides is 1. The number of thiol groups is 1. The number of hydrogen-bond donors (Lipinski definition) is 3. The van der Waals surface area contributed by atoms with Gasteiger partial charge in [-0.3, -0.25) is 4.79 Å². The Balaban J connectivity index is 5.58. The first-order valence-electron chi connectivity index (χ1n) is 6.28. The maximum Gasteiger partial charge on any atom is 0.256 e. The lowest BCUT2D eigenvalue weighted by molar-refractivity contribution is -0.116. The molecule has 0 spiro atoms. The number of rotatable bonds is 9. The van der Waals surface area contributed by atoms with Crippen molar-refractivity contribution in [3.05, 3.63) is 71.9 Å². The normalized spacial score (nSPS) is 13.7. The molecule has 0 saturated heterocycles. The molecular formula is C15H18N2O3S3. The van der Waals surface area contributed by atoms with Crippen LogP contribution in [0.4, 0.5) is 0 Å². The van der Waals surface area contributed by atoms with Crippen LogP contribution in [0.15, 0.2) is 71.9 Å². The Bertz CT molecular complexity index is 699. The summed E-state index contributed by atoms with van der Waals surface area (Å²) in [6.07, 6.45) is 10.3. The predicted octanol–water partition coefficient (Wildman–Crippen LogP) is 2.51. The molecule has 0 aliphatic rings. The van der Waals surface area contributed by atoms with Crippen LogP contribution in [-0.2, 0) is 14.8 Å². The van der Waals surface area contributed by atoms with Gasteiger partial charge in [-0.25, -0.2) is 8.42 Å². The van der Waals surface area contributed by atoms with Gasteiger partial charge in [-0.15, -0.1) is 0 Å². The van der Waals surface area contributed by atoms with Crippen molar-refractivity contribution in [3.63, 3.8) is 0 Å². The highest BCUT2D eigenvalue weighted by Crippen LogP contribution is 2.10. The molecule has 0 unspecified atom stereocenters. The first-order valence-corrected chi connectivity index (χ1v) is 8.68. The lowest BCUT2D eigenvalue weighted by Gasteiger charge is -2.07. The number of allylic oxidation sites excluding steroid dienone is 7. The minimum absolute atomic E-state index is 0.00206. The molecule has 0 heterocycles. The van der Waals surface area contributed by atoms with Gasteiger partial charge < -0.3 is 5.32 Å². The molecule has 23 heavy (non-hydrogen) atoms. The molecule has 0 atom stereocenters. The van der Waals surface area contributed by atoms with E-state index in [9.17, 15) is 13.2 Å². The predicted molar refractivity (Wildman–Crippen MR) is 102 cm³/mol. The van der Waals surface area contributed by atoms with E-state index >= 15 is 0 Å². The van der Waals surface area contributed by atoms with Crippen molar-refractivity contribution in [1.29, 1.82) is 0 Å². The zero-order chi connectivity index (χ0) is 17.9. The average molecular weight is 371 g/mol. The van der Waals surface area contributed by atoms with Gasteiger partial charge in [0.25, 0.3) is 5.91 Å². The quantitative estimate of drug-likeness (QED) is 0.252. The van der Waals surface area contributed by atoms with Gasteiger partial charge in [0.15, 0.2) is 0 Å². The van der Waals surface area contributed by atoms with Gasteiger partial charge >= 0.3 is 0 Å². The van der Waals surface area contributed by atoms with E-state index in [1.54, 1.807) is 24.3 Å². The Morgan fingerprint density at radius 3 is 2.35 bits per heavy atom. The third-order valence-corrected chi connectivity index (χ3v) is 4.56. The van der Waals surface area contributed by atoms with Crippen LogP contribution in [0.25, 0.3) is 0 Å². The molecule has 0 saturated carbocycles. The molecule has 0 aromatic rings. The maximum atomic E-state index is 12.2. The van der Waals surface area contributed by atoms with Crippen molar-refractivity contribution in [2.45, 2.75) is 6.92 Å². The van der Waals surface area contributed by atoms with E-state index in [2.05, 4.69) is 31.3 Å². The van der Waals surface area contributed by atoms with Gasteiger partial charge in [0.2, 0.25) is 10.0 Å². The summed E-state index contributed by atoms with van der Waals surface area (Å²) in [5, 5.41) is 3.68. The molecule has 0 fully saturated rings. The van der Waals surface area contributed by atoms with Gasteiger partial charge in [-0.1, -0.05) is 62.5 Å². The fraction of sp³-hybridized carbons (Fsp3) is 0.0667. The molecule has 0 aliphatic carbocycles. The van der Waals surface area contributed by atoms with E-state index in [0.29, 0.717) is 5.70 Å². The standard InChI is InChI=1S/C15H18N2O3S3/c1-4-7-9-13(8-5-2)16-15(18)12(11-21)10-14(6-3)23(19,20)17-22/h4-11,17,22H,1-2H2,3H3,(H,16,18)/b9-7-,12-10+,13-8+,14-6+. The summed E-state index contributed by atoms with van der Waals surface area (Å²) in [5.41, 5.74) is 0.451. The number of carbonyl (C=O) groups is 1. The minimum Gasteiger partial charge on any atom is -0.322 e. The molecule has 0 aromatic carbocycles. The van der Waals surface area contributed by atoms with Crippen LogP contribution in [-0.4, -0.2) is 19.7 Å². The van der Waals surface area contributed by atoms with Crippen molar-refractivity contribution < 1.29 is 13.2 Å². The topological polar surface area (TPSA) is 75.3 Å². The molecule has 124 valence electrons. The summed E-state index contributed by atoms with van der Waals surface area (Å²) in [5.74, 6) is -0.560. The summed E-state index contributed by atoms with van der Waals surface area (Å²) in [4.78, 5) is 12.1. The number of thiocarbonyl (C=S) groups is 1. The first kappa shape index (κ1) is 21.3. The Kier molecular flexibility index (Phi) is 10.1. The Labute approximate surface area is 147 Å². The second-order valence-electron chi connectivity index (χ2n) is 3.91. The fourth-order valence-electron chi connectivity index (χ4n) is 1.32. The third kappa shape index (κ3) is 7.38. The van der Waals surface area contributed by atoms with E-state index in [1.165, 1.54) is 19.1 Å². The third-order valence-electron chi connectivity index (χ3n) is 2.37. The van der Waals surface area contributed by atoms with Gasteiger partial charge in [-0.05, 0) is 25.2 Å². The zero-order valence-corrected chi connectivity index (χ0v) is 15.0. The fourth-order valence-corrected chi connectivity index (χ4v) is 2.51. The van der Waals surface area contributed by atoms with Gasteiger partial charge in [-0.2, -0.15) is 4.13 Å². The Hall–Kier alpha value is -1.74. The summed E-state index contributed by atoms with van der Waals surface area (Å²) in [7, 11) is -3.81. The number of hydrogen-bond acceptors (Lipinski definition) is 5. The first-order chi connectivity index (χ1) is 10.9. The largest absolute Gasteiger partial charge is 0.322 e. The summed E-state index contributed by atoms with van der Waals surface area (Å²) in [6.45, 7) is 8.60. The van der Waals surface area contributed by atoms with Gasteiger partial charge in [0, 0.05) is 11.1 Å². The molecule has 1 amide bonds. The monoisotopic (exact) mass is 370 g/mol. The summed E-state index contributed by atoms with van der Waals surface area (Å²) < 4.78 is 25.4.